The molecule has 3 rings (SSSR count). The van der Waals surface area contributed by atoms with Gasteiger partial charge in [0.05, 0.1) is 23.1 Å². The van der Waals surface area contributed by atoms with Gasteiger partial charge in [-0.05, 0) is 49.8 Å². The molecule has 2 fully saturated rings. The van der Waals surface area contributed by atoms with E-state index in [1.54, 1.807) is 36.0 Å². The Balaban J connectivity index is 1.73. The maximum atomic E-state index is 13.3. The summed E-state index contributed by atoms with van der Waals surface area (Å²) < 4.78 is 40.0. The number of likely N-dealkylation sites (tertiary alicyclic amines) is 1. The number of nitrogens with one attached hydrogen (secondary N) is 1. The first-order chi connectivity index (χ1) is 15.6. The van der Waals surface area contributed by atoms with Gasteiger partial charge in [0.2, 0.25) is 5.91 Å². The minimum atomic E-state index is -4.59. The second kappa shape index (κ2) is 9.89. The highest BCUT2D eigenvalue weighted by atomic mass is 19.4. The van der Waals surface area contributed by atoms with Crippen molar-refractivity contribution in [2.24, 2.45) is 17.8 Å². The molecule has 2 heterocycles. The minimum Gasteiger partial charge on any atom is -0.372 e. The molecule has 1 N–H and O–H groups in total. The zero-order valence-electron chi connectivity index (χ0n) is 19.2. The van der Waals surface area contributed by atoms with Crippen LogP contribution in [0.5, 0.6) is 0 Å². The topological polar surface area (TPSA) is 79.7 Å². The van der Waals surface area contributed by atoms with Crippen LogP contribution in [0.2, 0.25) is 0 Å². The lowest BCUT2D eigenvalue weighted by atomic mass is 9.78. The third-order valence-corrected chi connectivity index (χ3v) is 6.68. The smallest absolute Gasteiger partial charge is 0.372 e. The molecule has 7 nitrogen and oxygen atoms in total. The van der Waals surface area contributed by atoms with E-state index in [1.807, 2.05) is 11.8 Å². The number of benzene rings is 1. The number of nitrogens with zero attached hydrogens (tertiary/aromatic N) is 4. The minimum absolute atomic E-state index is 0.00357. The maximum absolute atomic E-state index is 13.3. The van der Waals surface area contributed by atoms with Crippen molar-refractivity contribution < 1.29 is 22.8 Å². The molecule has 0 radical (unpaired) electrons. The van der Waals surface area contributed by atoms with E-state index in [0.717, 1.165) is 6.07 Å². The highest BCUT2D eigenvalue weighted by Gasteiger charge is 2.44. The normalized spacial score (nSPS) is 21.6. The number of alkyl halides is 3. The van der Waals surface area contributed by atoms with E-state index in [4.69, 9.17) is 5.26 Å². The Bertz CT molecular complexity index is 920. The number of urea groups is 1. The van der Waals surface area contributed by atoms with Gasteiger partial charge in [0.25, 0.3) is 0 Å². The lowest BCUT2D eigenvalue weighted by Gasteiger charge is -2.38. The van der Waals surface area contributed by atoms with E-state index in [0.29, 0.717) is 51.3 Å². The number of anilines is 1. The number of carbonyl (C=O) groups excluding carboxylic acids is 2. The molecule has 180 valence electrons. The number of piperidine rings is 1. The lowest BCUT2D eigenvalue weighted by Crippen LogP contribution is -2.41. The second-order valence-electron chi connectivity index (χ2n) is 8.91. The summed E-state index contributed by atoms with van der Waals surface area (Å²) >= 11 is 0. The van der Waals surface area contributed by atoms with Crippen molar-refractivity contribution in [1.29, 1.82) is 5.26 Å². The number of rotatable bonds is 4. The van der Waals surface area contributed by atoms with Crippen LogP contribution in [-0.2, 0) is 11.0 Å². The Hall–Kier alpha value is -2.96. The third-order valence-electron chi connectivity index (χ3n) is 6.68. The van der Waals surface area contributed by atoms with Crippen molar-refractivity contribution in [2.45, 2.75) is 25.9 Å². The Morgan fingerprint density at radius 3 is 2.42 bits per heavy atom. The quantitative estimate of drug-likeness (QED) is 0.741. The number of nitriles is 1. The molecule has 2 aliphatic rings. The van der Waals surface area contributed by atoms with Gasteiger partial charge in [-0.25, -0.2) is 4.79 Å². The third kappa shape index (κ3) is 5.34. The van der Waals surface area contributed by atoms with E-state index in [-0.39, 0.29) is 35.3 Å². The van der Waals surface area contributed by atoms with Crippen LogP contribution in [0, 0.1) is 29.1 Å². The molecule has 0 unspecified atom stereocenters. The molecule has 33 heavy (non-hydrogen) atoms. The van der Waals surface area contributed by atoms with Gasteiger partial charge in [-0.2, -0.15) is 18.4 Å². The summed E-state index contributed by atoms with van der Waals surface area (Å²) in [7, 11) is 3.42. The van der Waals surface area contributed by atoms with Gasteiger partial charge < -0.3 is 20.0 Å². The molecule has 2 atom stereocenters. The van der Waals surface area contributed by atoms with Gasteiger partial charge in [0.1, 0.15) is 0 Å². The number of halogens is 3. The van der Waals surface area contributed by atoms with Crippen LogP contribution >= 0.6 is 0 Å². The molecule has 2 aliphatic heterocycles. The van der Waals surface area contributed by atoms with Gasteiger partial charge in [-0.1, -0.05) is 0 Å². The van der Waals surface area contributed by atoms with Crippen LogP contribution in [0.4, 0.5) is 23.7 Å². The zero-order chi connectivity index (χ0) is 24.3. The first-order valence-corrected chi connectivity index (χ1v) is 11.2. The molecule has 2 saturated heterocycles. The van der Waals surface area contributed by atoms with E-state index >= 15 is 0 Å². The predicted molar refractivity (Wildman–Crippen MR) is 117 cm³/mol. The van der Waals surface area contributed by atoms with Crippen LogP contribution < -0.4 is 10.2 Å². The first kappa shape index (κ1) is 24.7. The van der Waals surface area contributed by atoms with Crippen LogP contribution in [0.1, 0.15) is 30.9 Å². The molecule has 0 aliphatic carbocycles. The summed E-state index contributed by atoms with van der Waals surface area (Å²) in [6.07, 6.45) is -3.16. The highest BCUT2D eigenvalue weighted by Crippen LogP contribution is 2.39. The summed E-state index contributed by atoms with van der Waals surface area (Å²) in [6.45, 7) is 4.32. The first-order valence-electron chi connectivity index (χ1n) is 11.2. The van der Waals surface area contributed by atoms with Crippen molar-refractivity contribution >= 4 is 17.6 Å². The van der Waals surface area contributed by atoms with Gasteiger partial charge >= 0.3 is 12.2 Å². The van der Waals surface area contributed by atoms with Crippen LogP contribution in [-0.4, -0.2) is 68.6 Å². The average molecular weight is 466 g/mol. The zero-order valence-corrected chi connectivity index (χ0v) is 19.2. The van der Waals surface area contributed by atoms with Crippen LogP contribution in [0.15, 0.2) is 18.2 Å². The fourth-order valence-electron chi connectivity index (χ4n) is 4.98. The Morgan fingerprint density at radius 1 is 1.21 bits per heavy atom. The molecule has 0 spiro atoms. The van der Waals surface area contributed by atoms with Gasteiger partial charge in [0, 0.05) is 52.5 Å². The molecule has 0 bridgehead atoms. The van der Waals surface area contributed by atoms with Crippen molar-refractivity contribution in [3.8, 4) is 6.07 Å². The van der Waals surface area contributed by atoms with Crippen molar-refractivity contribution in [3.63, 3.8) is 0 Å². The molecule has 1 aromatic rings. The SMILES string of the molecule is CCNC(=O)N1C[C@@H](C(=O)N(C)C)[C@H](C2CCN(c3ccc(C#N)c(C(F)(F)F)c3)CC2)C1. The van der Waals surface area contributed by atoms with Gasteiger partial charge in [-0.15, -0.1) is 0 Å². The fourth-order valence-corrected chi connectivity index (χ4v) is 4.98. The Kier molecular flexibility index (Phi) is 7.40. The lowest BCUT2D eigenvalue weighted by molar-refractivity contribution is -0.137. The molecule has 0 saturated carbocycles. The molecule has 0 aromatic heterocycles. The molecule has 3 amide bonds. The number of amides is 3. The Morgan fingerprint density at radius 2 is 1.88 bits per heavy atom. The van der Waals surface area contributed by atoms with E-state index < -0.39 is 11.7 Å². The standard InChI is InChI=1S/C23H30F3N5O2/c1-4-28-22(33)31-13-18(19(14-31)21(32)29(2)3)15-7-9-30(10-8-15)17-6-5-16(12-27)20(11-17)23(24,25)26/h5-6,11,15,18-19H,4,7-10,13-14H2,1-3H3,(H,28,33)/t18-,19+/m0/s1. The fraction of sp³-hybridized carbons (Fsp3) is 0.609. The maximum Gasteiger partial charge on any atom is 0.417 e. The molecular formula is C23H30F3N5O2. The van der Waals surface area contributed by atoms with Crippen molar-refractivity contribution in [1.82, 2.24) is 15.1 Å². The number of hydrogen-bond donors (Lipinski definition) is 1. The van der Waals surface area contributed by atoms with E-state index in [2.05, 4.69) is 5.32 Å². The monoisotopic (exact) mass is 465 g/mol. The Labute approximate surface area is 192 Å². The van der Waals surface area contributed by atoms with Crippen LogP contribution in [0.25, 0.3) is 0 Å². The van der Waals surface area contributed by atoms with Crippen molar-refractivity contribution in [3.05, 3.63) is 29.3 Å². The molecular weight excluding hydrogens is 435 g/mol. The van der Waals surface area contributed by atoms with Crippen molar-refractivity contribution in [2.75, 3.05) is 51.7 Å². The molecule has 1 aromatic carbocycles. The summed E-state index contributed by atoms with van der Waals surface area (Å²) in [4.78, 5) is 30.4. The van der Waals surface area contributed by atoms with Crippen LogP contribution in [0.3, 0.4) is 0 Å². The largest absolute Gasteiger partial charge is 0.417 e. The second-order valence-corrected chi connectivity index (χ2v) is 8.91. The average Bonchev–Trinajstić information content (AvgIpc) is 3.23. The predicted octanol–water partition coefficient (Wildman–Crippen LogP) is 3.16. The summed E-state index contributed by atoms with van der Waals surface area (Å²) in [5, 5.41) is 11.8. The van der Waals surface area contributed by atoms with Gasteiger partial charge in [-0.3, -0.25) is 4.79 Å². The van der Waals surface area contributed by atoms with E-state index in [9.17, 15) is 22.8 Å². The number of hydrogen-bond acceptors (Lipinski definition) is 4. The molecule has 10 heteroatoms. The summed E-state index contributed by atoms with van der Waals surface area (Å²) in [6, 6.07) is 5.26. The summed E-state index contributed by atoms with van der Waals surface area (Å²) in [5.74, 6) is -0.0894. The van der Waals surface area contributed by atoms with Gasteiger partial charge in [0.15, 0.2) is 0 Å². The van der Waals surface area contributed by atoms with E-state index in [1.165, 1.54) is 6.07 Å². The summed E-state index contributed by atoms with van der Waals surface area (Å²) in [5.41, 5.74) is -0.867. The highest BCUT2D eigenvalue weighted by molar-refractivity contribution is 5.81. The number of carbonyl (C=O) groups is 2.